The zero-order valence-corrected chi connectivity index (χ0v) is 11.7. The lowest BCUT2D eigenvalue weighted by atomic mass is 10.0. The van der Waals surface area contributed by atoms with Gasteiger partial charge in [0.05, 0.1) is 0 Å². The SMILES string of the molecule is CC(CN1CC[C@@H](N)C1)c1cccc(Cl)c1.Cl. The van der Waals surface area contributed by atoms with E-state index in [0.717, 1.165) is 31.1 Å². The van der Waals surface area contributed by atoms with E-state index in [4.69, 9.17) is 17.3 Å². The number of halogens is 2. The summed E-state index contributed by atoms with van der Waals surface area (Å²) < 4.78 is 0. The van der Waals surface area contributed by atoms with Gasteiger partial charge in [-0.05, 0) is 36.6 Å². The lowest BCUT2D eigenvalue weighted by Crippen LogP contribution is -2.29. The summed E-state index contributed by atoms with van der Waals surface area (Å²) in [5.41, 5.74) is 7.21. The Morgan fingerprint density at radius 1 is 1.53 bits per heavy atom. The Morgan fingerprint density at radius 3 is 2.88 bits per heavy atom. The van der Waals surface area contributed by atoms with Crippen molar-refractivity contribution in [1.82, 2.24) is 4.90 Å². The molecule has 17 heavy (non-hydrogen) atoms. The fourth-order valence-electron chi connectivity index (χ4n) is 2.33. The maximum absolute atomic E-state index is 6.00. The van der Waals surface area contributed by atoms with Crippen LogP contribution < -0.4 is 5.73 Å². The van der Waals surface area contributed by atoms with Crippen molar-refractivity contribution in [3.63, 3.8) is 0 Å². The second-order valence-electron chi connectivity index (χ2n) is 4.76. The van der Waals surface area contributed by atoms with E-state index in [9.17, 15) is 0 Å². The molecule has 2 nitrogen and oxygen atoms in total. The highest BCUT2D eigenvalue weighted by atomic mass is 35.5. The zero-order chi connectivity index (χ0) is 11.5. The van der Waals surface area contributed by atoms with Crippen LogP contribution in [0.1, 0.15) is 24.8 Å². The minimum atomic E-state index is 0. The third-order valence-corrected chi connectivity index (χ3v) is 3.49. The molecular weight excluding hydrogens is 255 g/mol. The lowest BCUT2D eigenvalue weighted by Gasteiger charge is -2.20. The minimum Gasteiger partial charge on any atom is -0.326 e. The average Bonchev–Trinajstić information content (AvgIpc) is 2.64. The van der Waals surface area contributed by atoms with E-state index in [1.54, 1.807) is 0 Å². The molecular formula is C13H20Cl2N2. The Bertz CT molecular complexity index is 357. The summed E-state index contributed by atoms with van der Waals surface area (Å²) in [6, 6.07) is 8.51. The Morgan fingerprint density at radius 2 is 2.29 bits per heavy atom. The monoisotopic (exact) mass is 274 g/mol. The number of nitrogens with zero attached hydrogens (tertiary/aromatic N) is 1. The normalized spacial score (nSPS) is 22.2. The molecule has 0 radical (unpaired) electrons. The topological polar surface area (TPSA) is 29.3 Å². The van der Waals surface area contributed by atoms with Crippen molar-refractivity contribution in [2.24, 2.45) is 5.73 Å². The van der Waals surface area contributed by atoms with Gasteiger partial charge in [0.15, 0.2) is 0 Å². The summed E-state index contributed by atoms with van der Waals surface area (Å²) in [5, 5.41) is 0.822. The molecule has 0 aromatic heterocycles. The lowest BCUT2D eigenvalue weighted by molar-refractivity contribution is 0.317. The largest absolute Gasteiger partial charge is 0.326 e. The molecule has 1 aromatic rings. The summed E-state index contributed by atoms with van der Waals surface area (Å²) in [7, 11) is 0. The van der Waals surface area contributed by atoms with Gasteiger partial charge in [-0.15, -0.1) is 12.4 Å². The number of hydrogen-bond donors (Lipinski definition) is 1. The molecule has 1 unspecified atom stereocenters. The number of benzene rings is 1. The predicted molar refractivity (Wildman–Crippen MR) is 76.1 cm³/mol. The third kappa shape index (κ3) is 4.14. The first-order valence-corrected chi connectivity index (χ1v) is 6.26. The third-order valence-electron chi connectivity index (χ3n) is 3.26. The van der Waals surface area contributed by atoms with Crippen molar-refractivity contribution < 1.29 is 0 Å². The highest BCUT2D eigenvalue weighted by molar-refractivity contribution is 6.30. The van der Waals surface area contributed by atoms with Crippen LogP contribution in [0.3, 0.4) is 0 Å². The first-order chi connectivity index (χ1) is 7.65. The van der Waals surface area contributed by atoms with Gasteiger partial charge in [0, 0.05) is 24.2 Å². The molecule has 0 saturated carbocycles. The zero-order valence-electron chi connectivity index (χ0n) is 10.1. The van der Waals surface area contributed by atoms with Crippen LogP contribution in [0.25, 0.3) is 0 Å². The molecule has 1 aliphatic heterocycles. The maximum atomic E-state index is 6.00. The molecule has 1 aromatic carbocycles. The van der Waals surface area contributed by atoms with Crippen molar-refractivity contribution in [2.45, 2.75) is 25.3 Å². The number of hydrogen-bond acceptors (Lipinski definition) is 2. The summed E-state index contributed by atoms with van der Waals surface area (Å²) in [5.74, 6) is 0.518. The van der Waals surface area contributed by atoms with Crippen LogP contribution in [0.15, 0.2) is 24.3 Å². The smallest absolute Gasteiger partial charge is 0.0408 e. The molecule has 2 atom stereocenters. The molecule has 4 heteroatoms. The number of likely N-dealkylation sites (tertiary alicyclic amines) is 1. The van der Waals surface area contributed by atoms with E-state index in [1.165, 1.54) is 5.56 Å². The fraction of sp³-hybridized carbons (Fsp3) is 0.538. The van der Waals surface area contributed by atoms with Gasteiger partial charge in [0.2, 0.25) is 0 Å². The van der Waals surface area contributed by atoms with E-state index < -0.39 is 0 Å². The summed E-state index contributed by atoms with van der Waals surface area (Å²) in [4.78, 5) is 2.44. The van der Waals surface area contributed by atoms with Crippen LogP contribution >= 0.6 is 24.0 Å². The maximum Gasteiger partial charge on any atom is 0.0408 e. The van der Waals surface area contributed by atoms with E-state index in [-0.39, 0.29) is 12.4 Å². The van der Waals surface area contributed by atoms with Crippen molar-refractivity contribution in [3.8, 4) is 0 Å². The van der Waals surface area contributed by atoms with E-state index >= 15 is 0 Å². The van der Waals surface area contributed by atoms with Gasteiger partial charge in [-0.2, -0.15) is 0 Å². The highest BCUT2D eigenvalue weighted by Gasteiger charge is 2.20. The van der Waals surface area contributed by atoms with Crippen molar-refractivity contribution in [3.05, 3.63) is 34.9 Å². The standard InChI is InChI=1S/C13H19ClN2.ClH/c1-10(8-16-6-5-13(15)9-16)11-3-2-4-12(14)7-11;/h2-4,7,10,13H,5-6,8-9,15H2,1H3;1H/t10?,13-;/m1./s1. The molecule has 1 fully saturated rings. The molecule has 1 heterocycles. The van der Waals surface area contributed by atoms with Gasteiger partial charge in [0.25, 0.3) is 0 Å². The van der Waals surface area contributed by atoms with Gasteiger partial charge in [-0.1, -0.05) is 30.7 Å². The Labute approximate surface area is 115 Å². The van der Waals surface area contributed by atoms with Crippen molar-refractivity contribution >= 4 is 24.0 Å². The first kappa shape index (κ1) is 14.8. The average molecular weight is 275 g/mol. The number of rotatable bonds is 3. The molecule has 1 aliphatic rings. The van der Waals surface area contributed by atoms with Gasteiger partial charge in [0.1, 0.15) is 0 Å². The second-order valence-corrected chi connectivity index (χ2v) is 5.20. The molecule has 2 N–H and O–H groups in total. The Balaban J connectivity index is 0.00000144. The molecule has 1 saturated heterocycles. The Kier molecular flexibility index (Phi) is 5.74. The van der Waals surface area contributed by atoms with E-state index in [0.29, 0.717) is 12.0 Å². The molecule has 2 rings (SSSR count). The van der Waals surface area contributed by atoms with E-state index in [1.807, 2.05) is 12.1 Å². The van der Waals surface area contributed by atoms with Crippen LogP contribution in [0, 0.1) is 0 Å². The van der Waals surface area contributed by atoms with Crippen LogP contribution in [-0.4, -0.2) is 30.6 Å². The molecule has 0 amide bonds. The Hall–Kier alpha value is -0.280. The van der Waals surface area contributed by atoms with Gasteiger partial charge < -0.3 is 10.6 Å². The van der Waals surface area contributed by atoms with Gasteiger partial charge in [-0.3, -0.25) is 0 Å². The molecule has 0 aliphatic carbocycles. The van der Waals surface area contributed by atoms with Crippen LogP contribution in [0.2, 0.25) is 5.02 Å². The van der Waals surface area contributed by atoms with E-state index in [2.05, 4.69) is 24.0 Å². The highest BCUT2D eigenvalue weighted by Crippen LogP contribution is 2.21. The molecule has 0 spiro atoms. The van der Waals surface area contributed by atoms with Crippen LogP contribution in [-0.2, 0) is 0 Å². The summed E-state index contributed by atoms with van der Waals surface area (Å²) >= 11 is 6.00. The fourth-order valence-corrected chi connectivity index (χ4v) is 2.53. The summed E-state index contributed by atoms with van der Waals surface area (Å²) in [6.07, 6.45) is 1.13. The van der Waals surface area contributed by atoms with Gasteiger partial charge >= 0.3 is 0 Å². The van der Waals surface area contributed by atoms with Crippen molar-refractivity contribution in [1.29, 1.82) is 0 Å². The summed E-state index contributed by atoms with van der Waals surface area (Å²) in [6.45, 7) is 5.49. The molecule has 96 valence electrons. The quantitative estimate of drug-likeness (QED) is 0.919. The second kappa shape index (κ2) is 6.60. The minimum absolute atomic E-state index is 0. The van der Waals surface area contributed by atoms with Crippen LogP contribution in [0.5, 0.6) is 0 Å². The first-order valence-electron chi connectivity index (χ1n) is 5.88. The van der Waals surface area contributed by atoms with Gasteiger partial charge in [-0.25, -0.2) is 0 Å². The predicted octanol–water partition coefficient (Wildman–Crippen LogP) is 2.90. The number of nitrogens with two attached hydrogens (primary N) is 1. The van der Waals surface area contributed by atoms with Crippen LogP contribution in [0.4, 0.5) is 0 Å². The van der Waals surface area contributed by atoms with Crippen molar-refractivity contribution in [2.75, 3.05) is 19.6 Å². The molecule has 0 bridgehead atoms.